The number of hydrogen-bond acceptors (Lipinski definition) is 3. The Morgan fingerprint density at radius 3 is 2.55 bits per heavy atom. The van der Waals surface area contributed by atoms with E-state index in [0.717, 1.165) is 17.7 Å². The van der Waals surface area contributed by atoms with Crippen LogP contribution in [0.3, 0.4) is 0 Å². The van der Waals surface area contributed by atoms with Gasteiger partial charge in [-0.25, -0.2) is 0 Å². The van der Waals surface area contributed by atoms with Crippen molar-refractivity contribution in [1.82, 2.24) is 5.32 Å². The van der Waals surface area contributed by atoms with Crippen molar-refractivity contribution in [3.05, 3.63) is 29.3 Å². The molecule has 0 heterocycles. The summed E-state index contributed by atoms with van der Waals surface area (Å²) in [6, 6.07) is 6.49. The number of benzene rings is 1. The van der Waals surface area contributed by atoms with Gasteiger partial charge in [-0.15, -0.1) is 0 Å². The van der Waals surface area contributed by atoms with E-state index >= 15 is 0 Å². The van der Waals surface area contributed by atoms with Gasteiger partial charge in [-0.1, -0.05) is 38.0 Å². The van der Waals surface area contributed by atoms with E-state index in [9.17, 15) is 5.11 Å². The lowest BCUT2D eigenvalue weighted by Gasteiger charge is -2.22. The minimum Gasteiger partial charge on any atom is -0.491 e. The number of rotatable bonds is 8. The molecule has 0 saturated heterocycles. The quantitative estimate of drug-likeness (QED) is 0.768. The molecule has 1 aromatic rings. The minimum atomic E-state index is -0.484. The molecule has 3 unspecified atom stereocenters. The fraction of sp³-hybridized carbons (Fsp3) is 0.647. The highest BCUT2D eigenvalue weighted by atomic mass is 16.5. The van der Waals surface area contributed by atoms with E-state index in [2.05, 4.69) is 39.1 Å². The molecule has 0 fully saturated rings. The second-order valence-electron chi connectivity index (χ2n) is 5.82. The zero-order valence-electron chi connectivity index (χ0n) is 13.4. The highest BCUT2D eigenvalue weighted by Crippen LogP contribution is 2.18. The Labute approximate surface area is 123 Å². The number of hydrogen-bond donors (Lipinski definition) is 2. The van der Waals surface area contributed by atoms with Gasteiger partial charge in [0.05, 0.1) is 0 Å². The summed E-state index contributed by atoms with van der Waals surface area (Å²) in [7, 11) is 0. The van der Waals surface area contributed by atoms with Gasteiger partial charge in [0.1, 0.15) is 18.5 Å². The minimum absolute atomic E-state index is 0.324. The van der Waals surface area contributed by atoms with E-state index in [0.29, 0.717) is 25.1 Å². The smallest absolute Gasteiger partial charge is 0.122 e. The van der Waals surface area contributed by atoms with Crippen LogP contribution in [0.4, 0.5) is 0 Å². The first kappa shape index (κ1) is 17.0. The second kappa shape index (κ2) is 8.28. The van der Waals surface area contributed by atoms with E-state index < -0.39 is 6.10 Å². The lowest BCUT2D eigenvalue weighted by Crippen LogP contribution is -2.39. The molecule has 0 aliphatic carbocycles. The summed E-state index contributed by atoms with van der Waals surface area (Å²) in [4.78, 5) is 0. The van der Waals surface area contributed by atoms with Gasteiger partial charge in [0.15, 0.2) is 0 Å². The van der Waals surface area contributed by atoms with Crippen molar-refractivity contribution < 1.29 is 9.84 Å². The van der Waals surface area contributed by atoms with Crippen LogP contribution in [-0.2, 0) is 0 Å². The maximum Gasteiger partial charge on any atom is 0.122 e. The molecule has 2 N–H and O–H groups in total. The average molecular weight is 279 g/mol. The maximum atomic E-state index is 9.97. The number of aliphatic hydroxyl groups excluding tert-OH is 1. The molecule has 3 nitrogen and oxygen atoms in total. The first-order valence-electron chi connectivity index (χ1n) is 7.55. The summed E-state index contributed by atoms with van der Waals surface area (Å²) in [6.07, 6.45) is 0.658. The van der Waals surface area contributed by atoms with Gasteiger partial charge in [0.25, 0.3) is 0 Å². The van der Waals surface area contributed by atoms with Gasteiger partial charge in [-0.2, -0.15) is 0 Å². The monoisotopic (exact) mass is 279 g/mol. The van der Waals surface area contributed by atoms with Crippen LogP contribution in [0.15, 0.2) is 18.2 Å². The van der Waals surface area contributed by atoms with Crippen molar-refractivity contribution in [3.63, 3.8) is 0 Å². The third-order valence-electron chi connectivity index (χ3n) is 3.93. The topological polar surface area (TPSA) is 41.5 Å². The van der Waals surface area contributed by atoms with Gasteiger partial charge < -0.3 is 15.2 Å². The van der Waals surface area contributed by atoms with Crippen LogP contribution in [-0.4, -0.2) is 30.4 Å². The molecule has 20 heavy (non-hydrogen) atoms. The average Bonchev–Trinajstić information content (AvgIpc) is 2.42. The summed E-state index contributed by atoms with van der Waals surface area (Å²) in [5.41, 5.74) is 2.33. The molecular weight excluding hydrogens is 250 g/mol. The third-order valence-corrected chi connectivity index (χ3v) is 3.93. The van der Waals surface area contributed by atoms with E-state index in [1.54, 1.807) is 0 Å². The van der Waals surface area contributed by atoms with E-state index in [-0.39, 0.29) is 0 Å². The molecule has 0 saturated carbocycles. The standard InChI is InChI=1S/C17H29NO2/c1-6-13(3)15(5)18-10-16(19)11-20-17-8-7-12(2)9-14(17)4/h7-9,13,15-16,18-19H,6,10-11H2,1-5H3. The Bertz CT molecular complexity index is 406. The van der Waals surface area contributed by atoms with Crippen LogP contribution in [0.1, 0.15) is 38.3 Å². The van der Waals surface area contributed by atoms with Crippen molar-refractivity contribution in [2.24, 2.45) is 5.92 Å². The molecule has 0 aromatic heterocycles. The Morgan fingerprint density at radius 1 is 1.25 bits per heavy atom. The Kier molecular flexibility index (Phi) is 7.03. The molecule has 0 amide bonds. The van der Waals surface area contributed by atoms with Crippen LogP contribution < -0.4 is 10.1 Å². The van der Waals surface area contributed by atoms with Crippen LogP contribution >= 0.6 is 0 Å². The first-order valence-corrected chi connectivity index (χ1v) is 7.55. The molecule has 3 atom stereocenters. The Hall–Kier alpha value is -1.06. The van der Waals surface area contributed by atoms with E-state index in [4.69, 9.17) is 4.74 Å². The van der Waals surface area contributed by atoms with Crippen molar-refractivity contribution in [3.8, 4) is 5.75 Å². The molecule has 0 radical (unpaired) electrons. The highest BCUT2D eigenvalue weighted by molar-refractivity contribution is 5.35. The largest absolute Gasteiger partial charge is 0.491 e. The van der Waals surface area contributed by atoms with Gasteiger partial charge in [0, 0.05) is 12.6 Å². The van der Waals surface area contributed by atoms with E-state index in [1.165, 1.54) is 5.56 Å². The van der Waals surface area contributed by atoms with Crippen LogP contribution in [0, 0.1) is 19.8 Å². The normalized spacial score (nSPS) is 15.7. The Morgan fingerprint density at radius 2 is 1.95 bits per heavy atom. The molecule has 0 bridgehead atoms. The second-order valence-corrected chi connectivity index (χ2v) is 5.82. The van der Waals surface area contributed by atoms with Crippen molar-refractivity contribution in [1.29, 1.82) is 0 Å². The first-order chi connectivity index (χ1) is 9.43. The molecule has 0 aliphatic rings. The summed E-state index contributed by atoms with van der Waals surface area (Å²) < 4.78 is 5.68. The van der Waals surface area contributed by atoms with Crippen molar-refractivity contribution in [2.45, 2.75) is 53.2 Å². The number of ether oxygens (including phenoxy) is 1. The fourth-order valence-corrected chi connectivity index (χ4v) is 2.08. The number of aliphatic hydroxyl groups is 1. The summed E-state index contributed by atoms with van der Waals surface area (Å²) in [5, 5.41) is 13.3. The molecular formula is C17H29NO2. The van der Waals surface area contributed by atoms with Crippen LogP contribution in [0.5, 0.6) is 5.75 Å². The fourth-order valence-electron chi connectivity index (χ4n) is 2.08. The maximum absolute atomic E-state index is 9.97. The Balaban J connectivity index is 2.34. The molecule has 3 heteroatoms. The number of aryl methyl sites for hydroxylation is 2. The molecule has 1 aromatic carbocycles. The zero-order valence-corrected chi connectivity index (χ0v) is 13.4. The number of nitrogens with one attached hydrogen (secondary N) is 1. The SMILES string of the molecule is CCC(C)C(C)NCC(O)COc1ccc(C)cc1C. The lowest BCUT2D eigenvalue weighted by molar-refractivity contribution is 0.101. The van der Waals surface area contributed by atoms with Crippen molar-refractivity contribution >= 4 is 0 Å². The molecule has 0 spiro atoms. The lowest BCUT2D eigenvalue weighted by atomic mass is 10.0. The predicted molar refractivity (Wildman–Crippen MR) is 84.3 cm³/mol. The van der Waals surface area contributed by atoms with Crippen LogP contribution in [0.25, 0.3) is 0 Å². The third kappa shape index (κ3) is 5.51. The van der Waals surface area contributed by atoms with E-state index in [1.807, 2.05) is 19.1 Å². The van der Waals surface area contributed by atoms with Gasteiger partial charge >= 0.3 is 0 Å². The zero-order chi connectivity index (χ0) is 15.1. The molecule has 1 rings (SSSR count). The summed E-state index contributed by atoms with van der Waals surface area (Å²) >= 11 is 0. The summed E-state index contributed by atoms with van der Waals surface area (Å²) in [5.74, 6) is 1.46. The molecule has 114 valence electrons. The highest BCUT2D eigenvalue weighted by Gasteiger charge is 2.12. The van der Waals surface area contributed by atoms with Crippen molar-refractivity contribution in [2.75, 3.05) is 13.2 Å². The van der Waals surface area contributed by atoms with Gasteiger partial charge in [0.2, 0.25) is 0 Å². The molecule has 0 aliphatic heterocycles. The predicted octanol–water partition coefficient (Wildman–Crippen LogP) is 3.07. The van der Waals surface area contributed by atoms with Gasteiger partial charge in [-0.05, 0) is 38.3 Å². The van der Waals surface area contributed by atoms with Crippen LogP contribution in [0.2, 0.25) is 0 Å². The summed E-state index contributed by atoms with van der Waals surface area (Å²) in [6.45, 7) is 11.5. The van der Waals surface area contributed by atoms with Gasteiger partial charge in [-0.3, -0.25) is 0 Å².